The zero-order valence-electron chi connectivity index (χ0n) is 13.4. The van der Waals surface area contributed by atoms with Crippen molar-refractivity contribution >= 4 is 22.4 Å². The van der Waals surface area contributed by atoms with E-state index in [1.807, 2.05) is 44.2 Å². The van der Waals surface area contributed by atoms with Crippen LogP contribution in [0.1, 0.15) is 22.8 Å². The van der Waals surface area contributed by atoms with Crippen LogP contribution in [0.25, 0.3) is 10.6 Å². The second-order valence-corrected chi connectivity index (χ2v) is 6.09. The molecule has 5 nitrogen and oxygen atoms in total. The number of ether oxygens (including phenoxy) is 1. The van der Waals surface area contributed by atoms with Crippen molar-refractivity contribution in [2.75, 3.05) is 11.9 Å². The van der Waals surface area contributed by atoms with E-state index in [-0.39, 0.29) is 5.91 Å². The normalized spacial score (nSPS) is 10.4. The summed E-state index contributed by atoms with van der Waals surface area (Å²) in [7, 11) is 0. The summed E-state index contributed by atoms with van der Waals surface area (Å²) in [6.45, 7) is 4.40. The number of carbonyl (C=O) groups is 1. The first-order valence-electron chi connectivity index (χ1n) is 7.61. The lowest BCUT2D eigenvalue weighted by Gasteiger charge is -2.08. The maximum Gasteiger partial charge on any atom is 0.261 e. The first kappa shape index (κ1) is 16.1. The molecule has 122 valence electrons. The predicted molar refractivity (Wildman–Crippen MR) is 95.6 cm³/mol. The number of hydrogen-bond acceptors (Lipinski definition) is 5. The molecule has 6 heteroatoms. The summed E-state index contributed by atoms with van der Waals surface area (Å²) in [6, 6.07) is 15.1. The van der Waals surface area contributed by atoms with Crippen molar-refractivity contribution in [3.63, 3.8) is 0 Å². The van der Waals surface area contributed by atoms with Crippen molar-refractivity contribution in [3.8, 4) is 16.3 Å². The number of anilines is 1. The van der Waals surface area contributed by atoms with Gasteiger partial charge in [0.25, 0.3) is 5.91 Å². The Morgan fingerprint density at radius 2 is 1.88 bits per heavy atom. The molecule has 0 saturated heterocycles. The molecule has 24 heavy (non-hydrogen) atoms. The fourth-order valence-electron chi connectivity index (χ4n) is 2.30. The molecule has 1 N–H and O–H groups in total. The first-order valence-corrected chi connectivity index (χ1v) is 8.43. The summed E-state index contributed by atoms with van der Waals surface area (Å²) in [4.78, 5) is 12.5. The van der Waals surface area contributed by atoms with Gasteiger partial charge in [0.1, 0.15) is 10.8 Å². The van der Waals surface area contributed by atoms with Crippen LogP contribution in [0.3, 0.4) is 0 Å². The number of amides is 1. The highest BCUT2D eigenvalue weighted by Gasteiger charge is 2.15. The molecule has 0 atom stereocenters. The summed E-state index contributed by atoms with van der Waals surface area (Å²) in [5.74, 6) is 0.299. The number of carbonyl (C=O) groups excluding carboxylic acids is 1. The van der Waals surface area contributed by atoms with E-state index in [0.29, 0.717) is 23.1 Å². The standard InChI is InChI=1S/C18H17N3O2S/c1-3-23-15-11-7-6-10-14(15)16(22)19-18-21-20-17(24-18)13-9-5-4-8-12(13)2/h4-11H,3H2,1-2H3,(H,19,21,22). The number of nitrogens with zero attached hydrogens (tertiary/aromatic N) is 2. The quantitative estimate of drug-likeness (QED) is 0.758. The van der Waals surface area contributed by atoms with Crippen LogP contribution < -0.4 is 10.1 Å². The maximum atomic E-state index is 12.5. The highest BCUT2D eigenvalue weighted by Crippen LogP contribution is 2.29. The minimum Gasteiger partial charge on any atom is -0.493 e. The topological polar surface area (TPSA) is 64.1 Å². The van der Waals surface area contributed by atoms with E-state index in [1.54, 1.807) is 18.2 Å². The van der Waals surface area contributed by atoms with E-state index in [4.69, 9.17) is 4.74 Å². The zero-order valence-corrected chi connectivity index (χ0v) is 14.3. The molecule has 0 radical (unpaired) electrons. The monoisotopic (exact) mass is 339 g/mol. The maximum absolute atomic E-state index is 12.5. The van der Waals surface area contributed by atoms with Gasteiger partial charge in [-0.1, -0.05) is 47.7 Å². The van der Waals surface area contributed by atoms with Gasteiger partial charge < -0.3 is 4.74 Å². The Hall–Kier alpha value is -2.73. The molecule has 3 aromatic rings. The summed E-state index contributed by atoms with van der Waals surface area (Å²) in [5.41, 5.74) is 2.62. The Morgan fingerprint density at radius 3 is 2.67 bits per heavy atom. The van der Waals surface area contributed by atoms with E-state index in [1.165, 1.54) is 11.3 Å². The van der Waals surface area contributed by atoms with Crippen LogP contribution >= 0.6 is 11.3 Å². The van der Waals surface area contributed by atoms with Crippen molar-refractivity contribution in [1.29, 1.82) is 0 Å². The lowest BCUT2D eigenvalue weighted by molar-refractivity contribution is 0.102. The highest BCUT2D eigenvalue weighted by atomic mass is 32.1. The molecule has 1 aromatic heterocycles. The van der Waals surface area contributed by atoms with Crippen molar-refractivity contribution in [3.05, 3.63) is 59.7 Å². The molecule has 2 aromatic carbocycles. The van der Waals surface area contributed by atoms with Gasteiger partial charge in [0.2, 0.25) is 5.13 Å². The fraction of sp³-hybridized carbons (Fsp3) is 0.167. The van der Waals surface area contributed by atoms with Gasteiger partial charge in [-0.2, -0.15) is 0 Å². The molecule has 0 spiro atoms. The van der Waals surface area contributed by atoms with Crippen LogP contribution in [-0.2, 0) is 0 Å². The number of nitrogens with one attached hydrogen (secondary N) is 1. The highest BCUT2D eigenvalue weighted by molar-refractivity contribution is 7.18. The molecule has 1 heterocycles. The molecule has 0 fully saturated rings. The number of aryl methyl sites for hydroxylation is 1. The lowest BCUT2D eigenvalue weighted by atomic mass is 10.1. The molecule has 3 rings (SSSR count). The Balaban J connectivity index is 1.80. The molecule has 0 aliphatic rings. The number of aromatic nitrogens is 2. The van der Waals surface area contributed by atoms with E-state index >= 15 is 0 Å². The van der Waals surface area contributed by atoms with E-state index in [2.05, 4.69) is 15.5 Å². The molecular formula is C18H17N3O2S. The zero-order chi connectivity index (χ0) is 16.9. The average Bonchev–Trinajstić information content (AvgIpc) is 3.04. The van der Waals surface area contributed by atoms with Gasteiger partial charge in [0, 0.05) is 5.56 Å². The number of hydrogen-bond donors (Lipinski definition) is 1. The van der Waals surface area contributed by atoms with Gasteiger partial charge in [-0.15, -0.1) is 10.2 Å². The lowest BCUT2D eigenvalue weighted by Crippen LogP contribution is -2.13. The molecule has 0 unspecified atom stereocenters. The Labute approximate surface area is 144 Å². The van der Waals surface area contributed by atoms with Gasteiger partial charge in [-0.3, -0.25) is 10.1 Å². The Bertz CT molecular complexity index is 861. The fourth-order valence-corrected chi connectivity index (χ4v) is 3.12. The van der Waals surface area contributed by atoms with Gasteiger partial charge in [-0.25, -0.2) is 0 Å². The predicted octanol–water partition coefficient (Wildman–Crippen LogP) is 4.16. The molecule has 0 saturated carbocycles. The third kappa shape index (κ3) is 3.44. The number of benzene rings is 2. The first-order chi connectivity index (χ1) is 11.7. The van der Waals surface area contributed by atoms with Crippen LogP contribution in [0.15, 0.2) is 48.5 Å². The smallest absolute Gasteiger partial charge is 0.261 e. The van der Waals surface area contributed by atoms with Gasteiger partial charge in [-0.05, 0) is 31.5 Å². The third-order valence-electron chi connectivity index (χ3n) is 3.45. The van der Waals surface area contributed by atoms with Crippen molar-refractivity contribution < 1.29 is 9.53 Å². The van der Waals surface area contributed by atoms with Gasteiger partial charge in [0.15, 0.2) is 0 Å². The van der Waals surface area contributed by atoms with Crippen LogP contribution in [0.4, 0.5) is 5.13 Å². The van der Waals surface area contributed by atoms with Crippen LogP contribution in [0, 0.1) is 6.92 Å². The van der Waals surface area contributed by atoms with E-state index < -0.39 is 0 Å². The third-order valence-corrected chi connectivity index (χ3v) is 4.32. The Morgan fingerprint density at radius 1 is 1.12 bits per heavy atom. The molecule has 0 aliphatic carbocycles. The number of rotatable bonds is 5. The summed E-state index contributed by atoms with van der Waals surface area (Å²) in [5, 5.41) is 12.3. The average molecular weight is 339 g/mol. The SMILES string of the molecule is CCOc1ccccc1C(=O)Nc1nnc(-c2ccccc2C)s1. The van der Waals surface area contributed by atoms with Crippen molar-refractivity contribution in [1.82, 2.24) is 10.2 Å². The largest absolute Gasteiger partial charge is 0.493 e. The van der Waals surface area contributed by atoms with Crippen LogP contribution in [0.5, 0.6) is 5.75 Å². The molecule has 1 amide bonds. The van der Waals surface area contributed by atoms with E-state index in [0.717, 1.165) is 16.1 Å². The second-order valence-electron chi connectivity index (χ2n) is 5.11. The van der Waals surface area contributed by atoms with Gasteiger partial charge >= 0.3 is 0 Å². The van der Waals surface area contributed by atoms with Crippen LogP contribution in [-0.4, -0.2) is 22.7 Å². The van der Waals surface area contributed by atoms with Gasteiger partial charge in [0.05, 0.1) is 12.2 Å². The van der Waals surface area contributed by atoms with Crippen molar-refractivity contribution in [2.24, 2.45) is 0 Å². The summed E-state index contributed by atoms with van der Waals surface area (Å²) >= 11 is 1.35. The second kappa shape index (κ2) is 7.23. The summed E-state index contributed by atoms with van der Waals surface area (Å²) < 4.78 is 5.49. The Kier molecular flexibility index (Phi) is 4.86. The minimum absolute atomic E-state index is 0.258. The minimum atomic E-state index is -0.258. The molecule has 0 bridgehead atoms. The van der Waals surface area contributed by atoms with E-state index in [9.17, 15) is 4.79 Å². The summed E-state index contributed by atoms with van der Waals surface area (Å²) in [6.07, 6.45) is 0. The van der Waals surface area contributed by atoms with Crippen LogP contribution in [0.2, 0.25) is 0 Å². The molecular weight excluding hydrogens is 322 g/mol. The van der Waals surface area contributed by atoms with Crippen molar-refractivity contribution in [2.45, 2.75) is 13.8 Å². The molecule has 0 aliphatic heterocycles. The number of para-hydroxylation sites is 1.